The molecule has 2 aromatic carbocycles. The van der Waals surface area contributed by atoms with Crippen molar-refractivity contribution in [2.45, 2.75) is 25.9 Å². The summed E-state index contributed by atoms with van der Waals surface area (Å²) in [6.45, 7) is 3.06. The van der Waals surface area contributed by atoms with Crippen LogP contribution in [0.4, 0.5) is 0 Å². The Morgan fingerprint density at radius 2 is 1.97 bits per heavy atom. The van der Waals surface area contributed by atoms with E-state index in [0.717, 1.165) is 21.1 Å². The van der Waals surface area contributed by atoms with E-state index >= 15 is 0 Å². The highest BCUT2D eigenvalue weighted by molar-refractivity contribution is 9.10. The number of carbonyl (C=O) groups excluding carboxylic acids is 3. The van der Waals surface area contributed by atoms with Gasteiger partial charge in [0.05, 0.1) is 5.56 Å². The Morgan fingerprint density at radius 1 is 1.21 bits per heavy atom. The van der Waals surface area contributed by atoms with Crippen molar-refractivity contribution in [1.29, 1.82) is 0 Å². The Bertz CT molecular complexity index is 1100. The monoisotopic (exact) mass is 453 g/mol. The van der Waals surface area contributed by atoms with E-state index in [-0.39, 0.29) is 5.91 Å². The molecular formula is C22H20BrN3O3. The maximum Gasteiger partial charge on any atom is 0.293 e. The Labute approximate surface area is 176 Å². The highest BCUT2D eigenvalue weighted by Gasteiger charge is 2.34. The smallest absolute Gasteiger partial charge is 0.293 e. The highest BCUT2D eigenvalue weighted by Crippen LogP contribution is 2.23. The number of amides is 2. The number of hydrogen-bond acceptors (Lipinski definition) is 3. The van der Waals surface area contributed by atoms with Crippen LogP contribution < -0.4 is 5.32 Å². The van der Waals surface area contributed by atoms with Crippen LogP contribution in [0, 0.1) is 6.92 Å². The van der Waals surface area contributed by atoms with Crippen LogP contribution in [-0.4, -0.2) is 40.1 Å². The fourth-order valence-corrected chi connectivity index (χ4v) is 3.93. The van der Waals surface area contributed by atoms with Crippen LogP contribution in [-0.2, 0) is 16.1 Å². The van der Waals surface area contributed by atoms with E-state index in [9.17, 15) is 14.4 Å². The van der Waals surface area contributed by atoms with E-state index in [4.69, 9.17) is 0 Å². The van der Waals surface area contributed by atoms with Gasteiger partial charge in [0.2, 0.25) is 5.91 Å². The fraction of sp³-hybridized carbons (Fsp3) is 0.227. The highest BCUT2D eigenvalue weighted by atomic mass is 79.9. The van der Waals surface area contributed by atoms with Crippen LogP contribution in [0.1, 0.15) is 27.9 Å². The number of nitrogens with zero attached hydrogens (tertiary/aromatic N) is 1. The molecule has 0 aliphatic carbocycles. The topological polar surface area (TPSA) is 82.3 Å². The Balaban J connectivity index is 1.42. The Kier molecular flexibility index (Phi) is 5.24. The van der Waals surface area contributed by atoms with Gasteiger partial charge in [0.1, 0.15) is 6.04 Å². The number of carbonyl (C=O) groups is 3. The van der Waals surface area contributed by atoms with Crippen LogP contribution in [0.25, 0.3) is 10.9 Å². The van der Waals surface area contributed by atoms with E-state index in [1.807, 2.05) is 43.3 Å². The third-order valence-electron chi connectivity index (χ3n) is 5.19. The number of hydrogen-bond donors (Lipinski definition) is 2. The van der Waals surface area contributed by atoms with E-state index < -0.39 is 17.7 Å². The Hall–Kier alpha value is -2.93. The van der Waals surface area contributed by atoms with Crippen molar-refractivity contribution in [3.05, 3.63) is 69.8 Å². The zero-order valence-corrected chi connectivity index (χ0v) is 17.5. The summed E-state index contributed by atoms with van der Waals surface area (Å²) in [6.07, 6.45) is 2.02. The number of benzene rings is 2. The van der Waals surface area contributed by atoms with Crippen LogP contribution in [0.3, 0.4) is 0 Å². The minimum Gasteiger partial charge on any atom is -0.360 e. The molecule has 148 valence electrons. The van der Waals surface area contributed by atoms with Gasteiger partial charge in [-0.1, -0.05) is 45.8 Å². The van der Waals surface area contributed by atoms with E-state index in [0.29, 0.717) is 30.5 Å². The lowest BCUT2D eigenvalue weighted by Gasteiger charge is -2.17. The number of aromatic nitrogens is 1. The average Bonchev–Trinajstić information content (AvgIpc) is 3.27. The molecule has 2 N–H and O–H groups in total. The van der Waals surface area contributed by atoms with Gasteiger partial charge >= 0.3 is 0 Å². The summed E-state index contributed by atoms with van der Waals surface area (Å²) < 4.78 is 0.816. The van der Waals surface area contributed by atoms with Crippen molar-refractivity contribution >= 4 is 44.4 Å². The predicted octanol–water partition coefficient (Wildman–Crippen LogP) is 3.34. The number of halogens is 1. The van der Waals surface area contributed by atoms with Crippen LogP contribution >= 0.6 is 15.9 Å². The molecule has 1 atom stereocenters. The quantitative estimate of drug-likeness (QED) is 0.459. The standard InChI is InChI=1S/C22H20BrN3O3/c1-13-2-4-14(5-3-13)12-26-9-8-19(22(26)29)25-21(28)20(27)17-11-24-18-7-6-15(23)10-16(17)18/h2-7,10-11,19,24H,8-9,12H2,1H3,(H,25,28). The largest absolute Gasteiger partial charge is 0.360 e. The predicted molar refractivity (Wildman–Crippen MR) is 113 cm³/mol. The molecule has 1 aliphatic heterocycles. The second-order valence-corrected chi connectivity index (χ2v) is 8.20. The maximum absolute atomic E-state index is 12.7. The molecular weight excluding hydrogens is 434 g/mol. The van der Waals surface area contributed by atoms with E-state index in [1.165, 1.54) is 6.20 Å². The van der Waals surface area contributed by atoms with Gasteiger partial charge in [-0.2, -0.15) is 0 Å². The molecule has 6 nitrogen and oxygen atoms in total. The second kappa shape index (κ2) is 7.83. The molecule has 1 saturated heterocycles. The van der Waals surface area contributed by atoms with Gasteiger partial charge < -0.3 is 15.2 Å². The lowest BCUT2D eigenvalue weighted by atomic mass is 10.1. The first-order valence-electron chi connectivity index (χ1n) is 9.38. The zero-order chi connectivity index (χ0) is 20.5. The van der Waals surface area contributed by atoms with Crippen molar-refractivity contribution in [2.24, 2.45) is 0 Å². The number of aromatic amines is 1. The molecule has 2 amide bonds. The van der Waals surface area contributed by atoms with Gasteiger partial charge in [-0.15, -0.1) is 0 Å². The number of fused-ring (bicyclic) bond motifs is 1. The summed E-state index contributed by atoms with van der Waals surface area (Å²) in [4.78, 5) is 42.5. The first-order chi connectivity index (χ1) is 13.9. The normalized spacial score (nSPS) is 16.4. The van der Waals surface area contributed by atoms with Crippen LogP contribution in [0.2, 0.25) is 0 Å². The van der Waals surface area contributed by atoms with Gasteiger partial charge in [0.25, 0.3) is 11.7 Å². The van der Waals surface area contributed by atoms with Gasteiger partial charge in [0, 0.05) is 34.7 Å². The number of H-pyrrole nitrogens is 1. The molecule has 1 aromatic heterocycles. The first-order valence-corrected chi connectivity index (χ1v) is 10.2. The summed E-state index contributed by atoms with van der Waals surface area (Å²) in [5, 5.41) is 3.28. The maximum atomic E-state index is 12.7. The molecule has 0 spiro atoms. The summed E-state index contributed by atoms with van der Waals surface area (Å²) >= 11 is 3.38. The minimum atomic E-state index is -0.763. The zero-order valence-electron chi connectivity index (χ0n) is 15.9. The third kappa shape index (κ3) is 3.96. The van der Waals surface area contributed by atoms with Crippen molar-refractivity contribution < 1.29 is 14.4 Å². The van der Waals surface area contributed by atoms with Crippen LogP contribution in [0.5, 0.6) is 0 Å². The van der Waals surface area contributed by atoms with Crippen molar-refractivity contribution in [3.63, 3.8) is 0 Å². The van der Waals surface area contributed by atoms with Crippen molar-refractivity contribution in [3.8, 4) is 0 Å². The van der Waals surface area contributed by atoms with Gasteiger partial charge in [-0.25, -0.2) is 0 Å². The SMILES string of the molecule is Cc1ccc(CN2CCC(NC(=O)C(=O)c3c[nH]c4ccc(Br)cc34)C2=O)cc1. The number of Topliss-reactive ketones (excluding diaryl/α,β-unsaturated/α-hetero) is 1. The summed E-state index contributed by atoms with van der Waals surface area (Å²) in [5.41, 5.74) is 3.26. The van der Waals surface area contributed by atoms with E-state index in [2.05, 4.69) is 26.2 Å². The summed E-state index contributed by atoms with van der Waals surface area (Å²) in [5.74, 6) is -1.58. The lowest BCUT2D eigenvalue weighted by Crippen LogP contribution is -2.44. The molecule has 29 heavy (non-hydrogen) atoms. The van der Waals surface area contributed by atoms with Gasteiger partial charge in [0.15, 0.2) is 0 Å². The molecule has 0 saturated carbocycles. The fourth-order valence-electron chi connectivity index (χ4n) is 3.57. The van der Waals surface area contributed by atoms with Crippen LogP contribution in [0.15, 0.2) is 53.1 Å². The molecule has 0 bridgehead atoms. The molecule has 0 radical (unpaired) electrons. The number of ketones is 1. The number of likely N-dealkylation sites (tertiary alicyclic amines) is 1. The Morgan fingerprint density at radius 3 is 2.72 bits per heavy atom. The summed E-state index contributed by atoms with van der Waals surface area (Å²) in [6, 6.07) is 12.8. The van der Waals surface area contributed by atoms with Crippen molar-refractivity contribution in [1.82, 2.24) is 15.2 Å². The number of rotatable bonds is 5. The van der Waals surface area contributed by atoms with Crippen molar-refractivity contribution in [2.75, 3.05) is 6.54 Å². The first kappa shape index (κ1) is 19.4. The minimum absolute atomic E-state index is 0.159. The summed E-state index contributed by atoms with van der Waals surface area (Å²) in [7, 11) is 0. The second-order valence-electron chi connectivity index (χ2n) is 7.28. The van der Waals surface area contributed by atoms with Gasteiger partial charge in [-0.3, -0.25) is 14.4 Å². The molecule has 3 aromatic rings. The molecule has 1 aliphatic rings. The van der Waals surface area contributed by atoms with Gasteiger partial charge in [-0.05, 0) is 37.1 Å². The molecule has 7 heteroatoms. The lowest BCUT2D eigenvalue weighted by molar-refractivity contribution is -0.132. The molecule has 4 rings (SSSR count). The number of nitrogens with one attached hydrogen (secondary N) is 2. The molecule has 1 unspecified atom stereocenters. The molecule has 2 heterocycles. The molecule has 1 fully saturated rings. The third-order valence-corrected chi connectivity index (χ3v) is 5.68. The number of aryl methyl sites for hydroxylation is 1. The average molecular weight is 454 g/mol. The van der Waals surface area contributed by atoms with E-state index in [1.54, 1.807) is 11.0 Å².